The maximum absolute atomic E-state index is 6.43. The van der Waals surface area contributed by atoms with E-state index in [2.05, 4.69) is 194 Å². The highest BCUT2D eigenvalue weighted by atomic mass is 31.1. The number of fused-ring (bicyclic) bond motifs is 1. The molecule has 0 aromatic heterocycles. The summed E-state index contributed by atoms with van der Waals surface area (Å²) in [5.41, 5.74) is 4.49. The zero-order valence-corrected chi connectivity index (χ0v) is 31.0. The van der Waals surface area contributed by atoms with E-state index in [1.54, 1.807) is 14.2 Å². The van der Waals surface area contributed by atoms with Crippen molar-refractivity contribution in [3.8, 4) is 33.8 Å². The molecule has 0 saturated carbocycles. The topological polar surface area (TPSA) is 18.5 Å². The standard InChI is InChI=1S/C48H38O2P2/c1-49-43-28-17-29-45(51(38-20-7-3-8-21-38)39-22-9-4-10-23-39)46(43)47-44(50-2)33-32-42(37-31-30-35-18-15-16-19-36(35)34-37)48(47)52(40-24-11-5-12-25-40)41-26-13-6-14-27-41/h3-34H,1-2H3. The van der Waals surface area contributed by atoms with Gasteiger partial charge in [-0.25, -0.2) is 0 Å². The van der Waals surface area contributed by atoms with Crippen molar-refractivity contribution in [1.29, 1.82) is 0 Å². The third kappa shape index (κ3) is 6.53. The van der Waals surface area contributed by atoms with E-state index >= 15 is 0 Å². The molecule has 0 fully saturated rings. The fourth-order valence-electron chi connectivity index (χ4n) is 7.08. The van der Waals surface area contributed by atoms with Gasteiger partial charge < -0.3 is 9.47 Å². The summed E-state index contributed by atoms with van der Waals surface area (Å²) in [5.74, 6) is 1.64. The first-order chi connectivity index (χ1) is 25.7. The number of hydrogen-bond acceptors (Lipinski definition) is 2. The maximum atomic E-state index is 6.43. The predicted octanol–water partition coefficient (Wildman–Crippen LogP) is 9.71. The van der Waals surface area contributed by atoms with Crippen LogP contribution >= 0.6 is 15.8 Å². The van der Waals surface area contributed by atoms with E-state index in [0.29, 0.717) is 0 Å². The monoisotopic (exact) mass is 708 g/mol. The van der Waals surface area contributed by atoms with Gasteiger partial charge in [0.1, 0.15) is 11.5 Å². The van der Waals surface area contributed by atoms with Crippen molar-refractivity contribution in [2.45, 2.75) is 0 Å². The van der Waals surface area contributed by atoms with Gasteiger partial charge in [0, 0.05) is 16.4 Å². The molecular weight excluding hydrogens is 670 g/mol. The second kappa shape index (κ2) is 15.4. The van der Waals surface area contributed by atoms with Crippen molar-refractivity contribution < 1.29 is 9.47 Å². The van der Waals surface area contributed by atoms with Crippen LogP contribution in [0.1, 0.15) is 0 Å². The first-order valence-electron chi connectivity index (χ1n) is 17.4. The first kappa shape index (κ1) is 33.6. The Morgan fingerprint density at radius 2 is 0.846 bits per heavy atom. The van der Waals surface area contributed by atoms with Crippen molar-refractivity contribution in [3.05, 3.63) is 194 Å². The second-order valence-corrected chi connectivity index (χ2v) is 16.8. The Kier molecular flexibility index (Phi) is 9.94. The zero-order valence-electron chi connectivity index (χ0n) is 29.2. The number of hydrogen-bond donors (Lipinski definition) is 0. The van der Waals surface area contributed by atoms with Crippen LogP contribution in [-0.2, 0) is 0 Å². The summed E-state index contributed by atoms with van der Waals surface area (Å²) in [7, 11) is 1.50. The van der Waals surface area contributed by atoms with Crippen LogP contribution in [0.15, 0.2) is 194 Å². The van der Waals surface area contributed by atoms with Crippen LogP contribution in [0.4, 0.5) is 0 Å². The van der Waals surface area contributed by atoms with Gasteiger partial charge in [-0.05, 0) is 88.5 Å². The Morgan fingerprint density at radius 1 is 0.365 bits per heavy atom. The molecule has 0 heterocycles. The molecule has 0 amide bonds. The molecule has 8 aromatic carbocycles. The molecule has 0 aliphatic heterocycles. The fraction of sp³-hybridized carbons (Fsp3) is 0.0417. The van der Waals surface area contributed by atoms with E-state index in [1.807, 2.05) is 0 Å². The highest BCUT2D eigenvalue weighted by molar-refractivity contribution is 7.81. The third-order valence-corrected chi connectivity index (χ3v) is 14.4. The minimum absolute atomic E-state index is 0.820. The van der Waals surface area contributed by atoms with Crippen molar-refractivity contribution in [2.24, 2.45) is 0 Å². The SMILES string of the molecule is COc1cccc(P(c2ccccc2)c2ccccc2)c1-c1c(OC)ccc(-c2ccc3ccccc3c2)c1P(c1ccccc1)c1ccccc1. The van der Waals surface area contributed by atoms with E-state index in [1.165, 1.54) is 53.7 Å². The molecule has 0 aliphatic rings. The van der Waals surface area contributed by atoms with Gasteiger partial charge in [0.25, 0.3) is 0 Å². The van der Waals surface area contributed by atoms with Gasteiger partial charge in [-0.3, -0.25) is 0 Å². The van der Waals surface area contributed by atoms with E-state index < -0.39 is 15.8 Å². The normalized spacial score (nSPS) is 11.2. The molecule has 0 aliphatic carbocycles. The molecule has 4 heteroatoms. The van der Waals surface area contributed by atoms with Crippen LogP contribution in [0.25, 0.3) is 33.0 Å². The van der Waals surface area contributed by atoms with Crippen molar-refractivity contribution in [2.75, 3.05) is 14.2 Å². The molecule has 0 radical (unpaired) electrons. The minimum atomic E-state index is -1.09. The van der Waals surface area contributed by atoms with Gasteiger partial charge in [0.15, 0.2) is 0 Å². The fourth-order valence-corrected chi connectivity index (χ4v) is 12.2. The lowest BCUT2D eigenvalue weighted by Gasteiger charge is -2.30. The molecule has 2 nitrogen and oxygen atoms in total. The summed E-state index contributed by atoms with van der Waals surface area (Å²) in [6.45, 7) is 0. The summed E-state index contributed by atoms with van der Waals surface area (Å²) in [5, 5.41) is 9.98. The summed E-state index contributed by atoms with van der Waals surface area (Å²) in [6, 6.07) is 70.1. The van der Waals surface area contributed by atoms with E-state index in [9.17, 15) is 0 Å². The molecule has 0 unspecified atom stereocenters. The highest BCUT2D eigenvalue weighted by Crippen LogP contribution is 2.49. The van der Waals surface area contributed by atoms with Gasteiger partial charge in [-0.2, -0.15) is 0 Å². The Morgan fingerprint density at radius 3 is 1.38 bits per heavy atom. The quantitative estimate of drug-likeness (QED) is 0.132. The molecule has 0 spiro atoms. The van der Waals surface area contributed by atoms with Crippen LogP contribution in [-0.4, -0.2) is 14.2 Å². The lowest BCUT2D eigenvalue weighted by molar-refractivity contribution is 0.411. The van der Waals surface area contributed by atoms with Crippen LogP contribution in [0.2, 0.25) is 0 Å². The second-order valence-electron chi connectivity index (χ2n) is 12.5. The summed E-state index contributed by atoms with van der Waals surface area (Å²) >= 11 is 0. The van der Waals surface area contributed by atoms with Crippen LogP contribution in [0.3, 0.4) is 0 Å². The Hall–Kier alpha value is -5.52. The van der Waals surface area contributed by atoms with Crippen molar-refractivity contribution >= 4 is 58.4 Å². The molecule has 252 valence electrons. The molecule has 0 atom stereocenters. The van der Waals surface area contributed by atoms with E-state index in [0.717, 1.165) is 22.6 Å². The lowest BCUT2D eigenvalue weighted by Crippen LogP contribution is -2.27. The Labute approximate surface area is 308 Å². The predicted molar refractivity (Wildman–Crippen MR) is 225 cm³/mol. The molecular formula is C48H38O2P2. The van der Waals surface area contributed by atoms with Gasteiger partial charge in [0.05, 0.1) is 14.2 Å². The van der Waals surface area contributed by atoms with Gasteiger partial charge in [-0.1, -0.05) is 170 Å². The Bertz CT molecular complexity index is 2350. The van der Waals surface area contributed by atoms with E-state index in [4.69, 9.17) is 9.47 Å². The zero-order chi connectivity index (χ0) is 35.3. The number of ether oxygens (including phenoxy) is 2. The maximum Gasteiger partial charge on any atom is 0.127 e. The Balaban J connectivity index is 1.53. The number of rotatable bonds is 10. The molecule has 0 N–H and O–H groups in total. The summed E-state index contributed by atoms with van der Waals surface area (Å²) in [4.78, 5) is 0. The average molecular weight is 709 g/mol. The van der Waals surface area contributed by atoms with Gasteiger partial charge >= 0.3 is 0 Å². The van der Waals surface area contributed by atoms with Crippen LogP contribution in [0, 0.1) is 0 Å². The van der Waals surface area contributed by atoms with Crippen molar-refractivity contribution in [1.82, 2.24) is 0 Å². The smallest absolute Gasteiger partial charge is 0.127 e. The van der Waals surface area contributed by atoms with Crippen LogP contribution < -0.4 is 41.3 Å². The molecule has 8 aromatic rings. The number of methoxy groups -OCH3 is 2. The molecule has 0 saturated heterocycles. The van der Waals surface area contributed by atoms with Gasteiger partial charge in [0.2, 0.25) is 0 Å². The minimum Gasteiger partial charge on any atom is -0.496 e. The van der Waals surface area contributed by atoms with E-state index in [-0.39, 0.29) is 0 Å². The summed E-state index contributed by atoms with van der Waals surface area (Å²) < 4.78 is 12.8. The molecule has 52 heavy (non-hydrogen) atoms. The average Bonchev–Trinajstić information content (AvgIpc) is 3.22. The van der Waals surface area contributed by atoms with Crippen molar-refractivity contribution in [3.63, 3.8) is 0 Å². The highest BCUT2D eigenvalue weighted by Gasteiger charge is 2.32. The molecule has 8 rings (SSSR count). The third-order valence-electron chi connectivity index (χ3n) is 9.42. The first-order valence-corrected chi connectivity index (χ1v) is 20.1. The number of benzene rings is 8. The van der Waals surface area contributed by atoms with Crippen LogP contribution in [0.5, 0.6) is 11.5 Å². The lowest BCUT2D eigenvalue weighted by atomic mass is 9.95. The largest absolute Gasteiger partial charge is 0.496 e. The molecule has 0 bridgehead atoms. The summed E-state index contributed by atoms with van der Waals surface area (Å²) in [6.07, 6.45) is 0. The van der Waals surface area contributed by atoms with Gasteiger partial charge in [-0.15, -0.1) is 0 Å².